The number of para-hydroxylation sites is 1. The van der Waals surface area contributed by atoms with E-state index < -0.39 is 0 Å². The molecule has 2 heterocycles. The van der Waals surface area contributed by atoms with Gasteiger partial charge in [-0.3, -0.25) is 4.79 Å². The molecule has 0 amide bonds. The molecule has 4 rings (SSSR count). The molecule has 2 nitrogen and oxygen atoms in total. The van der Waals surface area contributed by atoms with Crippen LogP contribution < -0.4 is 0 Å². The number of hydrogen-bond acceptors (Lipinski definition) is 1. The van der Waals surface area contributed by atoms with Gasteiger partial charge >= 0.3 is 0 Å². The average molecular weight is 270 g/mol. The summed E-state index contributed by atoms with van der Waals surface area (Å²) >= 11 is 6.11. The molecule has 0 radical (unpaired) electrons. The van der Waals surface area contributed by atoms with E-state index in [2.05, 4.69) is 10.6 Å². The fourth-order valence-corrected chi connectivity index (χ4v) is 3.31. The van der Waals surface area contributed by atoms with Crippen LogP contribution >= 0.6 is 11.6 Å². The lowest BCUT2D eigenvalue weighted by Gasteiger charge is -2.21. The second-order valence-electron chi connectivity index (χ2n) is 5.24. The van der Waals surface area contributed by atoms with E-state index in [9.17, 15) is 4.79 Å². The third-order valence-corrected chi connectivity index (χ3v) is 4.25. The monoisotopic (exact) mass is 269 g/mol. The predicted molar refractivity (Wildman–Crippen MR) is 77.9 cm³/mol. The van der Waals surface area contributed by atoms with Gasteiger partial charge in [0.25, 0.3) is 0 Å². The maximum absolute atomic E-state index is 12.3. The predicted octanol–water partition coefficient (Wildman–Crippen LogP) is 4.28. The van der Waals surface area contributed by atoms with Crippen molar-refractivity contribution in [2.45, 2.75) is 13.5 Å². The number of carbonyl (C=O) groups excluding carboxylic acids is 1. The molecule has 0 saturated heterocycles. The first kappa shape index (κ1) is 11.1. The van der Waals surface area contributed by atoms with E-state index in [0.717, 1.165) is 38.9 Å². The van der Waals surface area contributed by atoms with Crippen molar-refractivity contribution in [3.63, 3.8) is 0 Å². The van der Waals surface area contributed by atoms with Gasteiger partial charge in [0.2, 0.25) is 0 Å². The second kappa shape index (κ2) is 3.61. The van der Waals surface area contributed by atoms with Crippen LogP contribution in [0.1, 0.15) is 17.3 Å². The lowest BCUT2D eigenvalue weighted by Crippen LogP contribution is -2.23. The van der Waals surface area contributed by atoms with Crippen LogP contribution in [0, 0.1) is 5.92 Å². The third kappa shape index (κ3) is 1.35. The highest BCUT2D eigenvalue weighted by Crippen LogP contribution is 2.36. The Kier molecular flexibility index (Phi) is 2.10. The Morgan fingerprint density at radius 3 is 2.89 bits per heavy atom. The van der Waals surface area contributed by atoms with Gasteiger partial charge in [-0.1, -0.05) is 30.7 Å². The van der Waals surface area contributed by atoms with E-state index in [1.165, 1.54) is 0 Å². The molecule has 1 aromatic heterocycles. The van der Waals surface area contributed by atoms with Gasteiger partial charge < -0.3 is 4.57 Å². The van der Waals surface area contributed by atoms with Crippen molar-refractivity contribution in [3.05, 3.63) is 47.0 Å². The van der Waals surface area contributed by atoms with E-state index in [1.54, 1.807) is 0 Å². The van der Waals surface area contributed by atoms with Crippen molar-refractivity contribution in [1.82, 2.24) is 4.57 Å². The summed E-state index contributed by atoms with van der Waals surface area (Å²) in [6.07, 6.45) is 0. The van der Waals surface area contributed by atoms with Crippen LogP contribution in [-0.4, -0.2) is 10.4 Å². The molecule has 1 aliphatic rings. The summed E-state index contributed by atoms with van der Waals surface area (Å²) in [4.78, 5) is 12.3. The number of ketones is 1. The molecule has 0 saturated carbocycles. The topological polar surface area (TPSA) is 22.0 Å². The second-order valence-corrected chi connectivity index (χ2v) is 5.68. The summed E-state index contributed by atoms with van der Waals surface area (Å²) in [5, 5.41) is 2.98. The normalized spacial score (nSPS) is 18.4. The Labute approximate surface area is 115 Å². The zero-order chi connectivity index (χ0) is 13.1. The molecule has 1 aliphatic heterocycles. The fraction of sp³-hybridized carbons (Fsp3) is 0.188. The van der Waals surface area contributed by atoms with Crippen molar-refractivity contribution in [1.29, 1.82) is 0 Å². The molecular formula is C16H12ClNO. The summed E-state index contributed by atoms with van der Waals surface area (Å²) in [6.45, 7) is 2.74. The van der Waals surface area contributed by atoms with Gasteiger partial charge in [0, 0.05) is 39.3 Å². The Morgan fingerprint density at radius 1 is 1.21 bits per heavy atom. The number of fused-ring (bicyclic) bond motifs is 3. The quantitative estimate of drug-likeness (QED) is 0.597. The summed E-state index contributed by atoms with van der Waals surface area (Å²) < 4.78 is 2.25. The first-order valence-electron chi connectivity index (χ1n) is 6.41. The van der Waals surface area contributed by atoms with Gasteiger partial charge in [-0.25, -0.2) is 0 Å². The highest BCUT2D eigenvalue weighted by Gasteiger charge is 2.27. The molecule has 0 fully saturated rings. The number of hydrogen-bond donors (Lipinski definition) is 0. The van der Waals surface area contributed by atoms with Crippen LogP contribution in [0.3, 0.4) is 0 Å². The Hall–Kier alpha value is -1.80. The molecule has 0 N–H and O–H groups in total. The van der Waals surface area contributed by atoms with Gasteiger partial charge in [-0.05, 0) is 24.3 Å². The Bertz CT molecular complexity index is 847. The third-order valence-electron chi connectivity index (χ3n) is 4.01. The highest BCUT2D eigenvalue weighted by atomic mass is 35.5. The first-order valence-corrected chi connectivity index (χ1v) is 6.79. The van der Waals surface area contributed by atoms with Crippen LogP contribution in [0.4, 0.5) is 0 Å². The lowest BCUT2D eigenvalue weighted by molar-refractivity contribution is 0.0914. The van der Waals surface area contributed by atoms with Crippen LogP contribution in [-0.2, 0) is 6.54 Å². The smallest absolute Gasteiger partial charge is 0.169 e. The molecule has 1 atom stereocenters. The van der Waals surface area contributed by atoms with Crippen molar-refractivity contribution < 1.29 is 4.79 Å². The molecular weight excluding hydrogens is 258 g/mol. The van der Waals surface area contributed by atoms with Gasteiger partial charge in [-0.2, -0.15) is 0 Å². The Balaban J connectivity index is 2.28. The van der Waals surface area contributed by atoms with Crippen molar-refractivity contribution in [2.75, 3.05) is 0 Å². The molecule has 0 aliphatic carbocycles. The molecule has 0 bridgehead atoms. The number of carbonyl (C=O) groups is 1. The number of aromatic nitrogens is 1. The van der Waals surface area contributed by atoms with Crippen LogP contribution in [0.5, 0.6) is 0 Å². The zero-order valence-electron chi connectivity index (χ0n) is 10.5. The Morgan fingerprint density at radius 2 is 2.05 bits per heavy atom. The van der Waals surface area contributed by atoms with E-state index in [-0.39, 0.29) is 11.7 Å². The summed E-state index contributed by atoms with van der Waals surface area (Å²) in [5.41, 5.74) is 3.05. The maximum Gasteiger partial charge on any atom is 0.169 e. The van der Waals surface area contributed by atoms with Crippen LogP contribution in [0.2, 0.25) is 5.02 Å². The maximum atomic E-state index is 12.3. The van der Waals surface area contributed by atoms with Crippen molar-refractivity contribution in [2.24, 2.45) is 5.92 Å². The van der Waals surface area contributed by atoms with Crippen molar-refractivity contribution in [3.8, 4) is 0 Å². The van der Waals surface area contributed by atoms with E-state index in [1.807, 2.05) is 37.3 Å². The first-order chi connectivity index (χ1) is 9.16. The zero-order valence-corrected chi connectivity index (χ0v) is 11.2. The largest absolute Gasteiger partial charge is 0.339 e. The molecule has 0 spiro atoms. The van der Waals surface area contributed by atoms with E-state index >= 15 is 0 Å². The summed E-state index contributed by atoms with van der Waals surface area (Å²) in [7, 11) is 0. The van der Waals surface area contributed by atoms with Gasteiger partial charge in [0.05, 0.1) is 5.52 Å². The lowest BCUT2D eigenvalue weighted by atomic mass is 9.94. The fourth-order valence-electron chi connectivity index (χ4n) is 3.14. The molecule has 3 aromatic rings. The molecule has 1 unspecified atom stereocenters. The summed E-state index contributed by atoms with van der Waals surface area (Å²) in [5.74, 6) is 0.274. The average Bonchev–Trinajstić information content (AvgIpc) is 2.71. The standard InChI is InChI=1S/C16H12ClNO/c1-9-8-18-14-6-5-10(17)7-13(14)11-3-2-4-12(15(11)18)16(9)19/h2-7,9H,8H2,1H3. The minimum atomic E-state index is 0.0318. The minimum absolute atomic E-state index is 0.0318. The molecule has 3 heteroatoms. The number of rotatable bonds is 0. The van der Waals surface area contributed by atoms with Gasteiger partial charge in [0.1, 0.15) is 0 Å². The number of benzene rings is 2. The van der Waals surface area contributed by atoms with Crippen LogP contribution in [0.15, 0.2) is 36.4 Å². The van der Waals surface area contributed by atoms with Crippen LogP contribution in [0.25, 0.3) is 21.8 Å². The molecule has 19 heavy (non-hydrogen) atoms. The van der Waals surface area contributed by atoms with E-state index in [0.29, 0.717) is 0 Å². The number of halogens is 1. The SMILES string of the molecule is CC1Cn2c3ccc(Cl)cc3c3cccc(c32)C1=O. The molecule has 94 valence electrons. The number of nitrogens with zero attached hydrogens (tertiary/aromatic N) is 1. The highest BCUT2D eigenvalue weighted by molar-refractivity contribution is 6.32. The number of Topliss-reactive ketones (excluding diaryl/α,β-unsaturated/α-hetero) is 1. The van der Waals surface area contributed by atoms with Gasteiger partial charge in [0.15, 0.2) is 5.78 Å². The molecule has 2 aromatic carbocycles. The van der Waals surface area contributed by atoms with Crippen molar-refractivity contribution >= 4 is 39.2 Å². The van der Waals surface area contributed by atoms with E-state index in [4.69, 9.17) is 11.6 Å². The minimum Gasteiger partial charge on any atom is -0.339 e. The van der Waals surface area contributed by atoms with Gasteiger partial charge in [-0.15, -0.1) is 0 Å². The summed E-state index contributed by atoms with van der Waals surface area (Å²) in [6, 6.07) is 11.9.